The second-order valence-electron chi connectivity index (χ2n) is 4.35. The van der Waals surface area contributed by atoms with Gasteiger partial charge in [-0.25, -0.2) is 0 Å². The van der Waals surface area contributed by atoms with Crippen LogP contribution in [0.15, 0.2) is 18.2 Å². The minimum absolute atomic E-state index is 0.104. The molecule has 1 fully saturated rings. The van der Waals surface area contributed by atoms with Gasteiger partial charge in [0, 0.05) is 5.56 Å². The van der Waals surface area contributed by atoms with Crippen molar-refractivity contribution >= 4 is 11.8 Å². The number of hydrogen-bond donors (Lipinski definition) is 1. The summed E-state index contributed by atoms with van der Waals surface area (Å²) in [6, 6.07) is 5.18. The van der Waals surface area contributed by atoms with E-state index in [2.05, 4.69) is 11.8 Å². The number of hydrogen-bond acceptors (Lipinski definition) is 5. The predicted molar refractivity (Wildman–Crippen MR) is 73.3 cm³/mol. The van der Waals surface area contributed by atoms with Crippen LogP contribution in [-0.2, 0) is 20.9 Å². The molecule has 1 aromatic rings. The Morgan fingerprint density at radius 1 is 1.33 bits per heavy atom. The fraction of sp³-hybridized carbons (Fsp3) is 0.333. The third-order valence-electron chi connectivity index (χ3n) is 3.00. The van der Waals surface area contributed by atoms with E-state index in [4.69, 9.17) is 14.6 Å². The maximum Gasteiger partial charge on any atom is 0.255 e. The molecule has 0 unspecified atom stereocenters. The van der Waals surface area contributed by atoms with E-state index in [0.29, 0.717) is 16.9 Å². The molecule has 1 N–H and O–H groups in total. The molecule has 110 valence electrons. The Hall–Kier alpha value is -2.36. The van der Waals surface area contributed by atoms with Crippen molar-refractivity contribution in [2.75, 3.05) is 26.9 Å². The Morgan fingerprint density at radius 2 is 2.05 bits per heavy atom. The van der Waals surface area contributed by atoms with Crippen molar-refractivity contribution in [2.24, 2.45) is 0 Å². The summed E-state index contributed by atoms with van der Waals surface area (Å²) in [5.74, 6) is 5.20. The molecule has 0 spiro atoms. The molecule has 1 saturated heterocycles. The number of methoxy groups -OCH3 is 1. The highest BCUT2D eigenvalue weighted by atomic mass is 16.5. The highest BCUT2D eigenvalue weighted by Gasteiger charge is 2.27. The summed E-state index contributed by atoms with van der Waals surface area (Å²) in [4.78, 5) is 24.7. The second kappa shape index (κ2) is 6.88. The highest BCUT2D eigenvalue weighted by molar-refractivity contribution is 5.98. The predicted octanol–water partition coefficient (Wildman–Crippen LogP) is -0.0756. The van der Waals surface area contributed by atoms with Crippen LogP contribution in [0.4, 0.5) is 0 Å². The summed E-state index contributed by atoms with van der Waals surface area (Å²) in [6.45, 7) is -0.366. The molecule has 6 heteroatoms. The van der Waals surface area contributed by atoms with E-state index in [-0.39, 0.29) is 38.2 Å². The van der Waals surface area contributed by atoms with Crippen LogP contribution >= 0.6 is 0 Å². The van der Waals surface area contributed by atoms with Gasteiger partial charge in [0.05, 0.1) is 13.7 Å². The molecule has 2 amide bonds. The van der Waals surface area contributed by atoms with E-state index >= 15 is 0 Å². The van der Waals surface area contributed by atoms with E-state index in [1.54, 1.807) is 18.2 Å². The van der Waals surface area contributed by atoms with Gasteiger partial charge in [-0.05, 0) is 23.8 Å². The minimum Gasteiger partial charge on any atom is -0.497 e. The number of imide groups is 1. The Balaban J connectivity index is 2.31. The lowest BCUT2D eigenvalue weighted by Gasteiger charge is -2.25. The number of nitrogens with zero attached hydrogens (tertiary/aromatic N) is 1. The summed E-state index contributed by atoms with van der Waals surface area (Å²) >= 11 is 0. The minimum atomic E-state index is -0.380. The van der Waals surface area contributed by atoms with Crippen molar-refractivity contribution < 1.29 is 24.2 Å². The first-order valence-corrected chi connectivity index (χ1v) is 6.33. The standard InChI is InChI=1S/C15H15NO5/c1-20-13-5-4-11(3-2-6-17)12(7-13)8-16-14(18)9-21-10-15(16)19/h4-5,7,17H,6,8-10H2,1H3. The summed E-state index contributed by atoms with van der Waals surface area (Å²) in [7, 11) is 1.53. The lowest BCUT2D eigenvalue weighted by molar-refractivity contribution is -0.159. The molecule has 2 rings (SSSR count). The second-order valence-corrected chi connectivity index (χ2v) is 4.35. The van der Waals surface area contributed by atoms with Gasteiger partial charge in [-0.3, -0.25) is 14.5 Å². The van der Waals surface area contributed by atoms with Crippen molar-refractivity contribution in [3.8, 4) is 17.6 Å². The molecular weight excluding hydrogens is 274 g/mol. The van der Waals surface area contributed by atoms with E-state index in [1.165, 1.54) is 7.11 Å². The smallest absolute Gasteiger partial charge is 0.255 e. The Bertz CT molecular complexity index is 598. The van der Waals surface area contributed by atoms with Crippen LogP contribution in [0.3, 0.4) is 0 Å². The van der Waals surface area contributed by atoms with Crippen molar-refractivity contribution in [3.05, 3.63) is 29.3 Å². The lowest BCUT2D eigenvalue weighted by atomic mass is 10.1. The summed E-state index contributed by atoms with van der Waals surface area (Å²) in [6.07, 6.45) is 0. The van der Waals surface area contributed by atoms with Crippen molar-refractivity contribution in [1.29, 1.82) is 0 Å². The Labute approximate surface area is 122 Å². The van der Waals surface area contributed by atoms with Crippen LogP contribution in [-0.4, -0.2) is 48.8 Å². The van der Waals surface area contributed by atoms with Gasteiger partial charge >= 0.3 is 0 Å². The first kappa shape index (κ1) is 15.0. The number of carbonyl (C=O) groups is 2. The van der Waals surface area contributed by atoms with Crippen molar-refractivity contribution in [2.45, 2.75) is 6.54 Å². The number of rotatable bonds is 3. The normalized spacial score (nSPS) is 14.7. The Kier molecular flexibility index (Phi) is 4.93. The number of amides is 2. The van der Waals surface area contributed by atoms with Gasteiger partial charge in [0.15, 0.2) is 0 Å². The third kappa shape index (κ3) is 3.60. The zero-order valence-corrected chi connectivity index (χ0v) is 11.6. The van der Waals surface area contributed by atoms with E-state index in [0.717, 1.165) is 4.90 Å². The molecule has 0 saturated carbocycles. The van der Waals surface area contributed by atoms with Crippen LogP contribution < -0.4 is 4.74 Å². The molecule has 0 radical (unpaired) electrons. The SMILES string of the molecule is COc1ccc(C#CCO)c(CN2C(=O)COCC2=O)c1. The average molecular weight is 289 g/mol. The molecule has 21 heavy (non-hydrogen) atoms. The number of carbonyl (C=O) groups excluding carboxylic acids is 2. The van der Waals surface area contributed by atoms with E-state index in [1.807, 2.05) is 0 Å². The monoisotopic (exact) mass is 289 g/mol. The molecule has 1 aliphatic heterocycles. The zero-order valence-electron chi connectivity index (χ0n) is 11.6. The molecule has 0 bridgehead atoms. The summed E-state index contributed by atoms with van der Waals surface area (Å²) in [5, 5.41) is 8.79. The molecule has 1 aliphatic rings. The topological polar surface area (TPSA) is 76.1 Å². The number of ether oxygens (including phenoxy) is 2. The summed E-state index contributed by atoms with van der Waals surface area (Å²) < 4.78 is 10.0. The molecule has 0 aliphatic carbocycles. The number of morpholine rings is 1. The zero-order chi connectivity index (χ0) is 15.2. The van der Waals surface area contributed by atoms with Crippen LogP contribution in [0.2, 0.25) is 0 Å². The largest absolute Gasteiger partial charge is 0.497 e. The van der Waals surface area contributed by atoms with Crippen molar-refractivity contribution in [1.82, 2.24) is 4.90 Å². The quantitative estimate of drug-likeness (QED) is 0.622. The van der Waals surface area contributed by atoms with Gasteiger partial charge < -0.3 is 14.6 Å². The van der Waals surface area contributed by atoms with Crippen LogP contribution in [0.1, 0.15) is 11.1 Å². The van der Waals surface area contributed by atoms with Gasteiger partial charge in [0.1, 0.15) is 25.6 Å². The highest BCUT2D eigenvalue weighted by Crippen LogP contribution is 2.20. The average Bonchev–Trinajstić information content (AvgIpc) is 2.49. The number of aliphatic hydroxyl groups excluding tert-OH is 1. The van der Waals surface area contributed by atoms with Gasteiger partial charge in [-0.2, -0.15) is 0 Å². The van der Waals surface area contributed by atoms with E-state index < -0.39 is 0 Å². The molecule has 1 aromatic carbocycles. The Morgan fingerprint density at radius 3 is 2.67 bits per heavy atom. The molecule has 0 aromatic heterocycles. The molecule has 0 atom stereocenters. The first-order chi connectivity index (χ1) is 10.2. The van der Waals surface area contributed by atoms with E-state index in [9.17, 15) is 9.59 Å². The van der Waals surface area contributed by atoms with Gasteiger partial charge in [0.25, 0.3) is 11.8 Å². The van der Waals surface area contributed by atoms with Gasteiger partial charge in [-0.15, -0.1) is 0 Å². The third-order valence-corrected chi connectivity index (χ3v) is 3.00. The molecular formula is C15H15NO5. The lowest BCUT2D eigenvalue weighted by Crippen LogP contribution is -2.45. The maximum absolute atomic E-state index is 11.8. The van der Waals surface area contributed by atoms with Gasteiger partial charge in [-0.1, -0.05) is 11.8 Å². The fourth-order valence-electron chi connectivity index (χ4n) is 1.95. The van der Waals surface area contributed by atoms with Gasteiger partial charge in [0.2, 0.25) is 0 Å². The van der Waals surface area contributed by atoms with Crippen molar-refractivity contribution in [3.63, 3.8) is 0 Å². The fourth-order valence-corrected chi connectivity index (χ4v) is 1.95. The first-order valence-electron chi connectivity index (χ1n) is 6.33. The van der Waals surface area contributed by atoms with Crippen LogP contribution in [0.25, 0.3) is 0 Å². The molecule has 1 heterocycles. The summed E-state index contributed by atoms with van der Waals surface area (Å²) in [5.41, 5.74) is 1.32. The molecule has 6 nitrogen and oxygen atoms in total. The number of benzene rings is 1. The number of aliphatic hydroxyl groups is 1. The van der Waals surface area contributed by atoms with Crippen LogP contribution in [0.5, 0.6) is 5.75 Å². The van der Waals surface area contributed by atoms with Crippen LogP contribution in [0, 0.1) is 11.8 Å². The maximum atomic E-state index is 11.8.